The molecular weight excluding hydrogens is 364 g/mol. The van der Waals surface area contributed by atoms with Crippen LogP contribution in [-0.4, -0.2) is 14.2 Å². The Kier molecular flexibility index (Phi) is 4.33. The number of rotatable bonds is 3. The van der Waals surface area contributed by atoms with Crippen molar-refractivity contribution in [3.8, 4) is 0 Å². The number of methoxy groups -OCH3 is 2. The Morgan fingerprint density at radius 2 is 1.71 bits per heavy atom. The number of ether oxygens (including phenoxy) is 2. The highest BCUT2D eigenvalue weighted by Gasteiger charge is 2.19. The van der Waals surface area contributed by atoms with Crippen LogP contribution >= 0.6 is 15.9 Å². The summed E-state index contributed by atoms with van der Waals surface area (Å²) >= 11 is 3.81. The molecule has 0 fully saturated rings. The first-order valence-corrected chi connectivity index (χ1v) is 9.25. The van der Waals surface area contributed by atoms with Crippen LogP contribution in [0.25, 0.3) is 21.5 Å². The van der Waals surface area contributed by atoms with Crippen molar-refractivity contribution in [2.75, 3.05) is 14.2 Å². The molecule has 0 radical (unpaired) electrons. The summed E-state index contributed by atoms with van der Waals surface area (Å²) in [5, 5.41) is 5.13. The average Bonchev–Trinajstić information content (AvgIpc) is 2.63. The molecule has 0 saturated carbocycles. The van der Waals surface area contributed by atoms with E-state index in [0.29, 0.717) is 0 Å². The Morgan fingerprint density at radius 3 is 2.50 bits per heavy atom. The molecule has 0 aromatic heterocycles. The Bertz CT molecular complexity index is 913. The van der Waals surface area contributed by atoms with Crippen molar-refractivity contribution in [2.45, 2.75) is 32.0 Å². The van der Waals surface area contributed by atoms with Crippen LogP contribution in [0.5, 0.6) is 0 Å². The quantitative estimate of drug-likeness (QED) is 0.411. The molecule has 0 heterocycles. The van der Waals surface area contributed by atoms with Crippen LogP contribution in [0, 0.1) is 0 Å². The number of hydrogen-bond acceptors (Lipinski definition) is 2. The third-order valence-electron chi connectivity index (χ3n) is 5.16. The molecule has 124 valence electrons. The maximum absolute atomic E-state index is 5.51. The fourth-order valence-corrected chi connectivity index (χ4v) is 4.73. The third-order valence-corrected chi connectivity index (χ3v) is 5.78. The van der Waals surface area contributed by atoms with Gasteiger partial charge in [-0.2, -0.15) is 0 Å². The monoisotopic (exact) mass is 384 g/mol. The zero-order valence-corrected chi connectivity index (χ0v) is 15.7. The highest BCUT2D eigenvalue weighted by Crippen LogP contribution is 2.40. The van der Waals surface area contributed by atoms with Crippen molar-refractivity contribution < 1.29 is 9.47 Å². The van der Waals surface area contributed by atoms with Gasteiger partial charge in [-0.05, 0) is 59.0 Å². The highest BCUT2D eigenvalue weighted by molar-refractivity contribution is 9.10. The Hall–Kier alpha value is -1.42. The van der Waals surface area contributed by atoms with Crippen LogP contribution in [0.2, 0.25) is 0 Å². The molecule has 1 aliphatic carbocycles. The zero-order chi connectivity index (χ0) is 16.7. The molecular formula is C21H21BrO2. The summed E-state index contributed by atoms with van der Waals surface area (Å²) in [5.41, 5.74) is 4.11. The number of aryl methyl sites for hydroxylation is 2. The highest BCUT2D eigenvalue weighted by atomic mass is 79.9. The molecule has 0 atom stereocenters. The molecule has 3 aromatic rings. The van der Waals surface area contributed by atoms with E-state index < -0.39 is 0 Å². The first-order chi connectivity index (χ1) is 11.7. The first-order valence-electron chi connectivity index (χ1n) is 8.45. The summed E-state index contributed by atoms with van der Waals surface area (Å²) in [6.45, 7) is 0. The van der Waals surface area contributed by atoms with E-state index in [-0.39, 0.29) is 6.29 Å². The van der Waals surface area contributed by atoms with Gasteiger partial charge < -0.3 is 9.47 Å². The lowest BCUT2D eigenvalue weighted by molar-refractivity contribution is -0.105. The second-order valence-electron chi connectivity index (χ2n) is 6.44. The van der Waals surface area contributed by atoms with Crippen molar-refractivity contribution in [3.05, 3.63) is 57.6 Å². The maximum atomic E-state index is 5.51. The van der Waals surface area contributed by atoms with E-state index in [0.717, 1.165) is 10.0 Å². The third kappa shape index (κ3) is 2.46. The molecule has 2 nitrogen and oxygen atoms in total. The van der Waals surface area contributed by atoms with Crippen molar-refractivity contribution in [2.24, 2.45) is 0 Å². The number of fused-ring (bicyclic) bond motifs is 5. The fraction of sp³-hybridized carbons (Fsp3) is 0.333. The van der Waals surface area contributed by atoms with E-state index >= 15 is 0 Å². The molecule has 3 heteroatoms. The molecule has 4 rings (SSSR count). The molecule has 0 amide bonds. The SMILES string of the molecule is COC(OC)c1cccc2c1c(Br)cc1c3c(ccc12)CCCC3. The summed E-state index contributed by atoms with van der Waals surface area (Å²) in [6, 6.07) is 13.3. The lowest BCUT2D eigenvalue weighted by Crippen LogP contribution is -2.06. The molecule has 1 aliphatic rings. The van der Waals surface area contributed by atoms with E-state index in [1.165, 1.54) is 58.4 Å². The predicted octanol–water partition coefficient (Wildman–Crippen LogP) is 5.93. The van der Waals surface area contributed by atoms with Crippen LogP contribution in [-0.2, 0) is 22.3 Å². The van der Waals surface area contributed by atoms with Gasteiger partial charge in [0, 0.05) is 29.6 Å². The van der Waals surface area contributed by atoms with E-state index in [2.05, 4.69) is 52.3 Å². The molecule has 0 saturated heterocycles. The molecule has 0 bridgehead atoms. The number of hydrogen-bond donors (Lipinski definition) is 0. The van der Waals surface area contributed by atoms with E-state index in [9.17, 15) is 0 Å². The van der Waals surface area contributed by atoms with Gasteiger partial charge in [-0.25, -0.2) is 0 Å². The van der Waals surface area contributed by atoms with Crippen LogP contribution < -0.4 is 0 Å². The molecule has 24 heavy (non-hydrogen) atoms. The van der Waals surface area contributed by atoms with Gasteiger partial charge in [-0.1, -0.05) is 46.3 Å². The van der Waals surface area contributed by atoms with Crippen molar-refractivity contribution in [3.63, 3.8) is 0 Å². The van der Waals surface area contributed by atoms with Gasteiger partial charge in [0.15, 0.2) is 6.29 Å². The van der Waals surface area contributed by atoms with Crippen LogP contribution in [0.1, 0.15) is 35.8 Å². The topological polar surface area (TPSA) is 18.5 Å². The second-order valence-corrected chi connectivity index (χ2v) is 7.29. The molecule has 0 unspecified atom stereocenters. The molecule has 0 spiro atoms. The average molecular weight is 385 g/mol. The summed E-state index contributed by atoms with van der Waals surface area (Å²) in [7, 11) is 3.36. The lowest BCUT2D eigenvalue weighted by Gasteiger charge is -2.21. The van der Waals surface area contributed by atoms with Crippen molar-refractivity contribution in [1.29, 1.82) is 0 Å². The number of benzene rings is 3. The summed E-state index contributed by atoms with van der Waals surface area (Å²) < 4.78 is 12.1. The summed E-state index contributed by atoms with van der Waals surface area (Å²) in [6.07, 6.45) is 4.62. The second kappa shape index (κ2) is 6.47. The Balaban J connectivity index is 2.07. The largest absolute Gasteiger partial charge is 0.352 e. The minimum absolute atomic E-state index is 0.361. The smallest absolute Gasteiger partial charge is 0.183 e. The molecule has 3 aromatic carbocycles. The van der Waals surface area contributed by atoms with Gasteiger partial charge in [-0.15, -0.1) is 0 Å². The maximum Gasteiger partial charge on any atom is 0.183 e. The van der Waals surface area contributed by atoms with E-state index in [1.807, 2.05) is 0 Å². The van der Waals surface area contributed by atoms with Gasteiger partial charge in [0.2, 0.25) is 0 Å². The van der Waals surface area contributed by atoms with E-state index in [4.69, 9.17) is 9.47 Å². The fourth-order valence-electron chi connectivity index (χ4n) is 4.06. The zero-order valence-electron chi connectivity index (χ0n) is 14.1. The van der Waals surface area contributed by atoms with Gasteiger partial charge in [0.05, 0.1) is 0 Å². The van der Waals surface area contributed by atoms with Gasteiger partial charge in [-0.3, -0.25) is 0 Å². The standard InChI is InChI=1S/C21H21BrO2/c1-23-21(24-2)17-9-5-8-16-15-11-10-13-6-3-4-7-14(13)18(15)12-19(22)20(16)17/h5,8-12,21H,3-4,6-7H2,1-2H3. The van der Waals surface area contributed by atoms with Gasteiger partial charge in [0.1, 0.15) is 0 Å². The predicted molar refractivity (Wildman–Crippen MR) is 103 cm³/mol. The van der Waals surface area contributed by atoms with Crippen LogP contribution in [0.4, 0.5) is 0 Å². The lowest BCUT2D eigenvalue weighted by atomic mass is 9.86. The Morgan fingerprint density at radius 1 is 0.917 bits per heavy atom. The van der Waals surface area contributed by atoms with Crippen LogP contribution in [0.3, 0.4) is 0 Å². The Labute approximate surface area is 150 Å². The number of halogens is 1. The van der Waals surface area contributed by atoms with E-state index in [1.54, 1.807) is 14.2 Å². The summed E-state index contributed by atoms with van der Waals surface area (Å²) in [4.78, 5) is 0. The molecule has 0 N–H and O–H groups in total. The minimum atomic E-state index is -0.361. The normalized spacial score (nSPS) is 14.5. The summed E-state index contributed by atoms with van der Waals surface area (Å²) in [5.74, 6) is 0. The van der Waals surface area contributed by atoms with Gasteiger partial charge in [0.25, 0.3) is 0 Å². The first kappa shape index (κ1) is 16.1. The van der Waals surface area contributed by atoms with Crippen molar-refractivity contribution in [1.82, 2.24) is 0 Å². The minimum Gasteiger partial charge on any atom is -0.352 e. The van der Waals surface area contributed by atoms with Gasteiger partial charge >= 0.3 is 0 Å². The molecule has 0 aliphatic heterocycles. The van der Waals surface area contributed by atoms with Crippen LogP contribution in [0.15, 0.2) is 40.9 Å². The van der Waals surface area contributed by atoms with Crippen molar-refractivity contribution >= 4 is 37.5 Å².